The molecule has 166 valence electrons. The Morgan fingerprint density at radius 2 is 1.50 bits per heavy atom. The van der Waals surface area contributed by atoms with Crippen LogP contribution in [0.3, 0.4) is 0 Å². The van der Waals surface area contributed by atoms with Crippen molar-refractivity contribution in [1.29, 1.82) is 0 Å². The van der Waals surface area contributed by atoms with E-state index in [1.165, 1.54) is 18.4 Å². The van der Waals surface area contributed by atoms with Gasteiger partial charge in [-0.05, 0) is 36.2 Å². The summed E-state index contributed by atoms with van der Waals surface area (Å²) in [6, 6.07) is 29.1. The second-order valence-corrected chi connectivity index (χ2v) is 8.12. The maximum Gasteiger partial charge on any atom is 0.339 e. The van der Waals surface area contributed by atoms with Gasteiger partial charge in [0.25, 0.3) is 0 Å². The molecule has 1 aliphatic rings. The van der Waals surface area contributed by atoms with Crippen molar-refractivity contribution in [3.63, 3.8) is 0 Å². The zero-order valence-electron chi connectivity index (χ0n) is 18.6. The maximum atomic E-state index is 12.2. The average molecular weight is 430 g/mol. The zero-order valence-corrected chi connectivity index (χ0v) is 18.6. The third kappa shape index (κ3) is 5.48. The molecule has 0 aliphatic carbocycles. The van der Waals surface area contributed by atoms with Gasteiger partial charge in [-0.1, -0.05) is 60.7 Å². The van der Waals surface area contributed by atoms with E-state index in [0.29, 0.717) is 11.6 Å². The minimum Gasteiger partial charge on any atom is -0.465 e. The van der Waals surface area contributed by atoms with Crippen molar-refractivity contribution in [2.75, 3.05) is 50.1 Å². The lowest BCUT2D eigenvalue weighted by Crippen LogP contribution is -2.53. The van der Waals surface area contributed by atoms with Gasteiger partial charge in [0.15, 0.2) is 0 Å². The zero-order chi connectivity index (χ0) is 22.2. The van der Waals surface area contributed by atoms with Crippen molar-refractivity contribution in [2.24, 2.45) is 0 Å². The quantitative estimate of drug-likeness (QED) is 0.541. The van der Waals surface area contributed by atoms with E-state index in [4.69, 9.17) is 4.74 Å². The Bertz CT molecular complexity index is 986. The molecule has 0 radical (unpaired) electrons. The van der Waals surface area contributed by atoms with Crippen molar-refractivity contribution < 1.29 is 9.53 Å². The van der Waals surface area contributed by atoms with Gasteiger partial charge in [-0.15, -0.1) is 0 Å². The summed E-state index contributed by atoms with van der Waals surface area (Å²) in [4.78, 5) is 17.2. The van der Waals surface area contributed by atoms with Crippen molar-refractivity contribution in [2.45, 2.75) is 12.5 Å². The second-order valence-electron chi connectivity index (χ2n) is 8.12. The molecule has 1 atom stereocenters. The van der Waals surface area contributed by atoms with Crippen LogP contribution < -0.4 is 10.2 Å². The Morgan fingerprint density at radius 3 is 2.19 bits per heavy atom. The number of rotatable bonds is 8. The van der Waals surface area contributed by atoms with E-state index in [0.717, 1.165) is 44.8 Å². The molecule has 0 saturated carbocycles. The summed E-state index contributed by atoms with van der Waals surface area (Å²) in [7, 11) is 1.42. The summed E-state index contributed by atoms with van der Waals surface area (Å²) < 4.78 is 4.95. The van der Waals surface area contributed by atoms with Crippen LogP contribution in [0.2, 0.25) is 0 Å². The number of anilines is 2. The van der Waals surface area contributed by atoms with Gasteiger partial charge >= 0.3 is 5.97 Å². The molecule has 1 unspecified atom stereocenters. The van der Waals surface area contributed by atoms with Crippen LogP contribution in [0.15, 0.2) is 84.9 Å². The minimum atomic E-state index is -0.316. The van der Waals surface area contributed by atoms with Crippen LogP contribution in [-0.2, 0) is 11.2 Å². The molecule has 5 nitrogen and oxygen atoms in total. The number of nitrogens with zero attached hydrogens (tertiary/aromatic N) is 2. The van der Waals surface area contributed by atoms with Gasteiger partial charge in [0.2, 0.25) is 0 Å². The van der Waals surface area contributed by atoms with Gasteiger partial charge < -0.3 is 15.0 Å². The molecule has 5 heteroatoms. The summed E-state index contributed by atoms with van der Waals surface area (Å²) in [5.41, 5.74) is 4.01. The Labute approximate surface area is 190 Å². The monoisotopic (exact) mass is 429 g/mol. The lowest BCUT2D eigenvalue weighted by Gasteiger charge is -2.40. The highest BCUT2D eigenvalue weighted by Crippen LogP contribution is 2.20. The fraction of sp³-hybridized carbons (Fsp3) is 0.296. The number of benzene rings is 3. The molecule has 4 rings (SSSR count). The van der Waals surface area contributed by atoms with E-state index in [-0.39, 0.29) is 5.97 Å². The first kappa shape index (κ1) is 21.9. The van der Waals surface area contributed by atoms with Gasteiger partial charge in [0, 0.05) is 50.1 Å². The number of esters is 1. The Hall–Kier alpha value is -3.31. The predicted molar refractivity (Wildman–Crippen MR) is 130 cm³/mol. The summed E-state index contributed by atoms with van der Waals surface area (Å²) in [6.07, 6.45) is 0.958. The van der Waals surface area contributed by atoms with E-state index in [2.05, 4.69) is 75.8 Å². The molecule has 0 aromatic heterocycles. The van der Waals surface area contributed by atoms with E-state index >= 15 is 0 Å². The van der Waals surface area contributed by atoms with Crippen molar-refractivity contribution in [3.05, 3.63) is 96.1 Å². The lowest BCUT2D eigenvalue weighted by atomic mass is 10.0. The Morgan fingerprint density at radius 1 is 0.875 bits per heavy atom. The largest absolute Gasteiger partial charge is 0.465 e. The molecular weight excluding hydrogens is 398 g/mol. The molecular formula is C27H31N3O2. The third-order valence-electron chi connectivity index (χ3n) is 6.13. The molecule has 3 aromatic carbocycles. The number of hydrogen-bond acceptors (Lipinski definition) is 5. The SMILES string of the molecule is COC(=O)c1ccccc1NCC(Cc1ccccc1)N1CCN(c2ccccc2)CC1. The molecule has 1 N–H and O–H groups in total. The molecule has 32 heavy (non-hydrogen) atoms. The number of carbonyl (C=O) groups excluding carboxylic acids is 1. The highest BCUT2D eigenvalue weighted by Gasteiger charge is 2.25. The Balaban J connectivity index is 1.46. The first-order valence-electron chi connectivity index (χ1n) is 11.2. The first-order valence-corrected chi connectivity index (χ1v) is 11.2. The van der Waals surface area contributed by atoms with Gasteiger partial charge in [0.05, 0.1) is 12.7 Å². The number of carbonyl (C=O) groups is 1. The highest BCUT2D eigenvalue weighted by molar-refractivity contribution is 5.95. The van der Waals surface area contributed by atoms with E-state index in [1.54, 1.807) is 6.07 Å². The molecule has 1 saturated heterocycles. The third-order valence-corrected chi connectivity index (χ3v) is 6.13. The average Bonchev–Trinajstić information content (AvgIpc) is 2.87. The van der Waals surface area contributed by atoms with Crippen LogP contribution in [0.1, 0.15) is 15.9 Å². The minimum absolute atomic E-state index is 0.316. The second kappa shape index (κ2) is 10.8. The smallest absolute Gasteiger partial charge is 0.339 e. The van der Waals surface area contributed by atoms with Crippen LogP contribution in [0, 0.1) is 0 Å². The standard InChI is InChI=1S/C27H31N3O2/c1-32-27(31)25-14-8-9-15-26(25)28-21-24(20-22-10-4-2-5-11-22)30-18-16-29(17-19-30)23-12-6-3-7-13-23/h2-15,24,28H,16-21H2,1H3. The molecule has 0 bridgehead atoms. The highest BCUT2D eigenvalue weighted by atomic mass is 16.5. The van der Waals surface area contributed by atoms with Crippen LogP contribution in [0.4, 0.5) is 11.4 Å². The number of hydrogen-bond donors (Lipinski definition) is 1. The molecule has 1 aliphatic heterocycles. The van der Waals surface area contributed by atoms with Gasteiger partial charge in [0.1, 0.15) is 0 Å². The predicted octanol–water partition coefficient (Wildman–Crippen LogP) is 4.32. The number of para-hydroxylation sites is 2. The molecule has 1 fully saturated rings. The van der Waals surface area contributed by atoms with Crippen LogP contribution in [0.25, 0.3) is 0 Å². The summed E-state index contributed by atoms with van der Waals surface area (Å²) in [6.45, 7) is 4.79. The van der Waals surface area contributed by atoms with E-state index < -0.39 is 0 Å². The first-order chi connectivity index (χ1) is 15.7. The topological polar surface area (TPSA) is 44.8 Å². The summed E-state index contributed by atoms with van der Waals surface area (Å²) in [5, 5.41) is 3.53. The lowest BCUT2D eigenvalue weighted by molar-refractivity contribution is 0.0601. The summed E-state index contributed by atoms with van der Waals surface area (Å²) in [5.74, 6) is -0.316. The van der Waals surface area contributed by atoms with E-state index in [1.807, 2.05) is 18.2 Å². The van der Waals surface area contributed by atoms with E-state index in [9.17, 15) is 4.79 Å². The fourth-order valence-electron chi connectivity index (χ4n) is 4.35. The van der Waals surface area contributed by atoms with Crippen molar-refractivity contribution >= 4 is 17.3 Å². The van der Waals surface area contributed by atoms with Gasteiger partial charge in [-0.3, -0.25) is 4.90 Å². The van der Waals surface area contributed by atoms with Crippen LogP contribution in [-0.4, -0.2) is 56.7 Å². The Kier molecular flexibility index (Phi) is 7.41. The number of methoxy groups -OCH3 is 1. The number of piperazine rings is 1. The van der Waals surface area contributed by atoms with Crippen molar-refractivity contribution in [1.82, 2.24) is 4.90 Å². The normalized spacial score (nSPS) is 15.2. The number of nitrogens with one attached hydrogen (secondary N) is 1. The van der Waals surface area contributed by atoms with Gasteiger partial charge in [-0.2, -0.15) is 0 Å². The summed E-state index contributed by atoms with van der Waals surface area (Å²) >= 11 is 0. The van der Waals surface area contributed by atoms with Crippen LogP contribution in [0.5, 0.6) is 0 Å². The molecule has 1 heterocycles. The van der Waals surface area contributed by atoms with Crippen LogP contribution >= 0.6 is 0 Å². The fourth-order valence-corrected chi connectivity index (χ4v) is 4.35. The van der Waals surface area contributed by atoms with Crippen molar-refractivity contribution in [3.8, 4) is 0 Å². The molecule has 3 aromatic rings. The molecule has 0 amide bonds. The maximum absolute atomic E-state index is 12.2. The molecule has 0 spiro atoms. The number of ether oxygens (including phenoxy) is 1. The van der Waals surface area contributed by atoms with Gasteiger partial charge in [-0.25, -0.2) is 4.79 Å².